The van der Waals surface area contributed by atoms with E-state index in [-0.39, 0.29) is 54.9 Å². The fraction of sp³-hybridized carbons (Fsp3) is 0.446. The molecule has 0 aliphatic carbocycles. The zero-order chi connectivity index (χ0) is 55.1. The standard InChI is InChI=1S/C56H65F2N9O12/c57-38-31-37(32-39(58)34-38)30-36-4-7-45-44(33-36)52(64-63-45)62-53(70)42-6-5-41(35-47(42)60-40-10-18-74-19-11-40)65-14-16-66(17-15-65)50(69)12-20-75-22-24-77-26-28-79-29-27-78-25-23-76-21-13-59-46-3-1-2-43-51(46)56(73)67(55(43)72)48-8-9-49(68)61-54(48)71/h1-7,31-35,40,48,59-60H,8-30H2,(H,61,68,71)(H2,62,63,64,70). The molecule has 4 aromatic carbocycles. The Morgan fingerprint density at radius 3 is 2.09 bits per heavy atom. The van der Waals surface area contributed by atoms with E-state index in [1.807, 2.05) is 35.2 Å². The number of H-pyrrole nitrogens is 1. The van der Waals surface area contributed by atoms with Gasteiger partial charge in [0.05, 0.1) is 94.7 Å². The highest BCUT2D eigenvalue weighted by Crippen LogP contribution is 2.33. The van der Waals surface area contributed by atoms with Crippen molar-refractivity contribution in [3.63, 3.8) is 0 Å². The van der Waals surface area contributed by atoms with Gasteiger partial charge in [-0.1, -0.05) is 12.1 Å². The first-order valence-corrected chi connectivity index (χ1v) is 26.7. The van der Waals surface area contributed by atoms with E-state index < -0.39 is 41.3 Å². The summed E-state index contributed by atoms with van der Waals surface area (Å²) in [4.78, 5) is 82.4. The van der Waals surface area contributed by atoms with Gasteiger partial charge >= 0.3 is 0 Å². The molecule has 0 saturated carbocycles. The quantitative estimate of drug-likeness (QED) is 0.0347. The van der Waals surface area contributed by atoms with Gasteiger partial charge in [0.1, 0.15) is 17.7 Å². The zero-order valence-corrected chi connectivity index (χ0v) is 43.8. The van der Waals surface area contributed by atoms with Crippen LogP contribution in [0.5, 0.6) is 0 Å². The van der Waals surface area contributed by atoms with E-state index in [9.17, 15) is 37.5 Å². The summed E-state index contributed by atoms with van der Waals surface area (Å²) in [5, 5.41) is 19.9. The first-order chi connectivity index (χ1) is 38.5. The number of ether oxygens (including phenoxy) is 6. The number of nitrogens with one attached hydrogen (secondary N) is 5. The van der Waals surface area contributed by atoms with E-state index in [1.165, 1.54) is 12.1 Å². The Labute approximate surface area is 454 Å². The average Bonchev–Trinajstić information content (AvgIpc) is 3.99. The minimum Gasteiger partial charge on any atom is -0.382 e. The number of piperidine rings is 1. The summed E-state index contributed by atoms with van der Waals surface area (Å²) in [6.07, 6.45) is 2.26. The van der Waals surface area contributed by atoms with Crippen LogP contribution in [0.15, 0.2) is 72.8 Å². The molecule has 23 heteroatoms. The van der Waals surface area contributed by atoms with E-state index in [4.69, 9.17) is 28.4 Å². The number of aromatic nitrogens is 2. The SMILES string of the molecule is O=C1CCC(N2C(=O)c3cccc(NCCOCCOCCOCCOCCOCCC(=O)N4CCN(c5ccc(C(=O)Nc6n[nH]c7ccc(Cc8cc(F)cc(F)c8)cc67)c(NC6CCOCC6)c5)CC4)c3C2=O)C(=O)N1. The van der Waals surface area contributed by atoms with Crippen molar-refractivity contribution in [2.45, 2.75) is 50.6 Å². The van der Waals surface area contributed by atoms with Crippen LogP contribution >= 0.6 is 0 Å². The minimum absolute atomic E-state index is 0.0153. The monoisotopic (exact) mass is 1090 g/mol. The lowest BCUT2D eigenvalue weighted by Gasteiger charge is -2.36. The highest BCUT2D eigenvalue weighted by molar-refractivity contribution is 6.25. The van der Waals surface area contributed by atoms with Crippen LogP contribution in [0.4, 0.5) is 31.7 Å². The van der Waals surface area contributed by atoms with Crippen molar-refractivity contribution in [1.29, 1.82) is 0 Å². The molecule has 1 aromatic heterocycles. The number of carbonyl (C=O) groups excluding carboxylic acids is 6. The second-order valence-corrected chi connectivity index (χ2v) is 19.4. The Morgan fingerprint density at radius 2 is 1.39 bits per heavy atom. The number of aromatic amines is 1. The van der Waals surface area contributed by atoms with Crippen LogP contribution in [0.25, 0.3) is 10.9 Å². The van der Waals surface area contributed by atoms with E-state index in [0.29, 0.717) is 151 Å². The summed E-state index contributed by atoms with van der Waals surface area (Å²) >= 11 is 0. The van der Waals surface area contributed by atoms with Crippen LogP contribution in [0, 0.1) is 11.6 Å². The lowest BCUT2D eigenvalue weighted by Crippen LogP contribution is -2.54. The number of fused-ring (bicyclic) bond motifs is 2. The number of halogens is 2. The summed E-state index contributed by atoms with van der Waals surface area (Å²) in [5.74, 6) is -3.52. The van der Waals surface area contributed by atoms with Crippen molar-refractivity contribution in [1.82, 2.24) is 25.3 Å². The molecule has 0 spiro atoms. The Balaban J connectivity index is 0.614. The fourth-order valence-electron chi connectivity index (χ4n) is 9.93. The molecule has 4 aliphatic heterocycles. The number of nitrogens with zero attached hydrogens (tertiary/aromatic N) is 4. The molecule has 1 unspecified atom stereocenters. The molecule has 0 bridgehead atoms. The second-order valence-electron chi connectivity index (χ2n) is 19.4. The second kappa shape index (κ2) is 27.5. The van der Waals surface area contributed by atoms with Gasteiger partial charge in [0.15, 0.2) is 5.82 Å². The minimum atomic E-state index is -1.03. The van der Waals surface area contributed by atoms with Gasteiger partial charge in [-0.3, -0.25) is 44.1 Å². The van der Waals surface area contributed by atoms with Gasteiger partial charge in [0.2, 0.25) is 17.7 Å². The summed E-state index contributed by atoms with van der Waals surface area (Å²) in [7, 11) is 0. The lowest BCUT2D eigenvalue weighted by atomic mass is 10.0. The van der Waals surface area contributed by atoms with Crippen LogP contribution < -0.4 is 26.2 Å². The highest BCUT2D eigenvalue weighted by atomic mass is 19.1. The topological polar surface area (TPSA) is 244 Å². The normalized spacial score (nSPS) is 16.9. The number of imide groups is 2. The molecule has 1 atom stereocenters. The van der Waals surface area contributed by atoms with Gasteiger partial charge < -0.3 is 54.2 Å². The van der Waals surface area contributed by atoms with Crippen LogP contribution in [-0.4, -0.2) is 180 Å². The van der Waals surface area contributed by atoms with Crippen molar-refractivity contribution >= 4 is 69.2 Å². The smallest absolute Gasteiger partial charge is 0.264 e. The Bertz CT molecular complexity index is 2960. The molecule has 5 aromatic rings. The predicted octanol–water partition coefficient (Wildman–Crippen LogP) is 4.91. The number of carbonyl (C=O) groups is 6. The average molecular weight is 1090 g/mol. The van der Waals surface area contributed by atoms with Crippen molar-refractivity contribution in [2.75, 3.05) is 133 Å². The van der Waals surface area contributed by atoms with Crippen molar-refractivity contribution < 1.29 is 66.0 Å². The zero-order valence-electron chi connectivity index (χ0n) is 43.8. The molecule has 0 radical (unpaired) electrons. The number of rotatable bonds is 27. The predicted molar refractivity (Wildman–Crippen MR) is 286 cm³/mol. The summed E-state index contributed by atoms with van der Waals surface area (Å²) in [5.41, 5.74) is 4.88. The Morgan fingerprint density at radius 1 is 0.709 bits per heavy atom. The molecule has 4 aliphatic rings. The van der Waals surface area contributed by atoms with Crippen LogP contribution in [0.1, 0.15) is 74.3 Å². The molecule has 3 saturated heterocycles. The number of anilines is 4. The summed E-state index contributed by atoms with van der Waals surface area (Å²) in [6, 6.07) is 18.6. The largest absolute Gasteiger partial charge is 0.382 e. The van der Waals surface area contributed by atoms with Gasteiger partial charge in [0, 0.05) is 86.9 Å². The highest BCUT2D eigenvalue weighted by Gasteiger charge is 2.45. The third-order valence-electron chi connectivity index (χ3n) is 14.0. The van der Waals surface area contributed by atoms with Gasteiger partial charge in [-0.2, -0.15) is 5.10 Å². The number of amides is 6. The molecule has 9 rings (SSSR count). The van der Waals surface area contributed by atoms with Crippen LogP contribution in [-0.2, 0) is 49.2 Å². The molecule has 3 fully saturated rings. The van der Waals surface area contributed by atoms with Gasteiger partial charge in [-0.15, -0.1) is 0 Å². The fourth-order valence-corrected chi connectivity index (χ4v) is 9.93. The molecule has 5 heterocycles. The maximum absolute atomic E-state index is 14.0. The third-order valence-corrected chi connectivity index (χ3v) is 14.0. The Kier molecular flexibility index (Phi) is 19.6. The van der Waals surface area contributed by atoms with Crippen LogP contribution in [0.3, 0.4) is 0 Å². The van der Waals surface area contributed by atoms with E-state index in [0.717, 1.165) is 35.1 Å². The Hall–Kier alpha value is -7.41. The molecular formula is C56H65F2N9O12. The van der Waals surface area contributed by atoms with Crippen molar-refractivity contribution in [3.05, 3.63) is 112 Å². The maximum Gasteiger partial charge on any atom is 0.264 e. The maximum atomic E-state index is 14.0. The van der Waals surface area contributed by atoms with E-state index >= 15 is 0 Å². The number of piperazine rings is 1. The van der Waals surface area contributed by atoms with E-state index in [1.54, 1.807) is 24.3 Å². The number of benzene rings is 4. The number of hydrogen-bond acceptors (Lipinski definition) is 16. The molecule has 420 valence electrons. The molecule has 6 amide bonds. The number of hydrogen-bond donors (Lipinski definition) is 5. The molecule has 21 nitrogen and oxygen atoms in total. The summed E-state index contributed by atoms with van der Waals surface area (Å²) in [6.45, 7) is 7.37. The lowest BCUT2D eigenvalue weighted by molar-refractivity contribution is -0.136. The van der Waals surface area contributed by atoms with Gasteiger partial charge in [-0.25, -0.2) is 8.78 Å². The van der Waals surface area contributed by atoms with E-state index in [2.05, 4.69) is 36.4 Å². The van der Waals surface area contributed by atoms with Gasteiger partial charge in [0.25, 0.3) is 17.7 Å². The molecule has 79 heavy (non-hydrogen) atoms. The third kappa shape index (κ3) is 14.8. The van der Waals surface area contributed by atoms with Crippen molar-refractivity contribution in [3.8, 4) is 0 Å². The molecular weight excluding hydrogens is 1030 g/mol. The van der Waals surface area contributed by atoms with Crippen LogP contribution in [0.2, 0.25) is 0 Å². The first kappa shape index (κ1) is 56.3. The van der Waals surface area contributed by atoms with Gasteiger partial charge in [-0.05, 0) is 91.4 Å². The molecule has 5 N–H and O–H groups in total. The first-order valence-electron chi connectivity index (χ1n) is 26.7. The summed E-state index contributed by atoms with van der Waals surface area (Å²) < 4.78 is 61.5. The van der Waals surface area contributed by atoms with Crippen molar-refractivity contribution in [2.24, 2.45) is 0 Å².